The van der Waals surface area contributed by atoms with Gasteiger partial charge in [-0.1, -0.05) is 6.92 Å². The van der Waals surface area contributed by atoms with E-state index in [4.69, 9.17) is 5.73 Å². The van der Waals surface area contributed by atoms with Gasteiger partial charge in [0.2, 0.25) is 0 Å². The van der Waals surface area contributed by atoms with E-state index >= 15 is 0 Å². The van der Waals surface area contributed by atoms with Crippen molar-refractivity contribution in [1.82, 2.24) is 15.0 Å². The van der Waals surface area contributed by atoms with E-state index in [1.54, 1.807) is 0 Å². The van der Waals surface area contributed by atoms with Crippen molar-refractivity contribution in [2.75, 3.05) is 10.5 Å². The lowest BCUT2D eigenvalue weighted by Crippen LogP contribution is -2.14. The van der Waals surface area contributed by atoms with Gasteiger partial charge in [-0.05, 0) is 6.07 Å². The van der Waals surface area contributed by atoms with Gasteiger partial charge in [0, 0.05) is 12.6 Å². The van der Waals surface area contributed by atoms with Gasteiger partial charge in [0.15, 0.2) is 5.03 Å². The molecule has 8 heteroatoms. The van der Waals surface area contributed by atoms with Crippen LogP contribution >= 0.6 is 0 Å². The molecule has 18 heavy (non-hydrogen) atoms. The summed E-state index contributed by atoms with van der Waals surface area (Å²) in [7, 11) is -3.70. The quantitative estimate of drug-likeness (QED) is 0.756. The van der Waals surface area contributed by atoms with Gasteiger partial charge in [-0.15, -0.1) is 0 Å². The minimum Gasteiger partial charge on any atom is -0.396 e. The van der Waals surface area contributed by atoms with Gasteiger partial charge in [-0.2, -0.15) is 8.42 Å². The molecular formula is C10H13N5O2S. The molecule has 0 saturated heterocycles. The number of rotatable bonds is 4. The van der Waals surface area contributed by atoms with Crippen molar-refractivity contribution in [3.63, 3.8) is 0 Å². The average molecular weight is 267 g/mol. The van der Waals surface area contributed by atoms with E-state index in [-0.39, 0.29) is 16.4 Å². The van der Waals surface area contributed by atoms with E-state index in [1.807, 2.05) is 6.92 Å². The highest BCUT2D eigenvalue weighted by Crippen LogP contribution is 2.19. The zero-order chi connectivity index (χ0) is 13.2. The summed E-state index contributed by atoms with van der Waals surface area (Å²) in [6, 6.07) is 1.49. The third kappa shape index (κ3) is 2.43. The molecule has 96 valence electrons. The Balaban J connectivity index is 2.30. The molecule has 2 heterocycles. The van der Waals surface area contributed by atoms with Crippen LogP contribution in [0.5, 0.6) is 0 Å². The number of nitrogens with zero attached hydrogens (tertiary/aromatic N) is 2. The molecule has 0 unspecified atom stereocenters. The fourth-order valence-electron chi connectivity index (χ4n) is 1.36. The normalized spacial score (nSPS) is 11.4. The minimum absolute atomic E-state index is 0.00978. The van der Waals surface area contributed by atoms with Gasteiger partial charge in [-0.3, -0.25) is 9.71 Å². The summed E-state index contributed by atoms with van der Waals surface area (Å²) in [5.74, 6) is 0.609. The van der Waals surface area contributed by atoms with Crippen LogP contribution in [-0.4, -0.2) is 23.4 Å². The Morgan fingerprint density at radius 1 is 1.44 bits per heavy atom. The van der Waals surface area contributed by atoms with Crippen molar-refractivity contribution >= 4 is 21.4 Å². The molecule has 2 aromatic heterocycles. The van der Waals surface area contributed by atoms with E-state index < -0.39 is 10.0 Å². The largest absolute Gasteiger partial charge is 0.396 e. The van der Waals surface area contributed by atoms with Crippen LogP contribution in [0.4, 0.5) is 11.4 Å². The summed E-state index contributed by atoms with van der Waals surface area (Å²) in [5, 5.41) is 0.00978. The van der Waals surface area contributed by atoms with Gasteiger partial charge < -0.3 is 10.7 Å². The first-order valence-corrected chi connectivity index (χ1v) is 6.77. The highest BCUT2D eigenvalue weighted by Gasteiger charge is 2.18. The molecule has 0 amide bonds. The fourth-order valence-corrected chi connectivity index (χ4v) is 2.39. The number of aromatic amines is 1. The number of H-pyrrole nitrogens is 1. The van der Waals surface area contributed by atoms with Crippen LogP contribution in [0.25, 0.3) is 0 Å². The third-order valence-corrected chi connectivity index (χ3v) is 3.60. The highest BCUT2D eigenvalue weighted by atomic mass is 32.2. The van der Waals surface area contributed by atoms with E-state index in [2.05, 4.69) is 19.7 Å². The number of pyridine rings is 1. The maximum atomic E-state index is 12.0. The monoisotopic (exact) mass is 267 g/mol. The fraction of sp³-hybridized carbons (Fsp3) is 0.200. The molecule has 2 aromatic rings. The van der Waals surface area contributed by atoms with Crippen LogP contribution in [0.3, 0.4) is 0 Å². The molecule has 0 aliphatic heterocycles. The second-order valence-electron chi connectivity index (χ2n) is 3.62. The summed E-state index contributed by atoms with van der Waals surface area (Å²) in [6.45, 7) is 1.88. The first-order valence-electron chi connectivity index (χ1n) is 5.29. The number of nitrogen functional groups attached to an aromatic ring is 1. The molecule has 0 aliphatic carbocycles. The van der Waals surface area contributed by atoms with Crippen LogP contribution in [0.15, 0.2) is 29.7 Å². The van der Waals surface area contributed by atoms with E-state index in [0.29, 0.717) is 12.2 Å². The topological polar surface area (TPSA) is 114 Å². The number of nitrogens with two attached hydrogens (primary N) is 1. The van der Waals surface area contributed by atoms with Crippen molar-refractivity contribution in [1.29, 1.82) is 0 Å². The van der Waals surface area contributed by atoms with E-state index in [0.717, 1.165) is 0 Å². The molecular weight excluding hydrogens is 254 g/mol. The lowest BCUT2D eigenvalue weighted by atomic mass is 10.4. The van der Waals surface area contributed by atoms with Gasteiger partial charge in [0.1, 0.15) is 5.82 Å². The maximum absolute atomic E-state index is 12.0. The third-order valence-electron chi connectivity index (χ3n) is 2.33. The van der Waals surface area contributed by atoms with Gasteiger partial charge >= 0.3 is 0 Å². The second kappa shape index (κ2) is 4.65. The molecule has 0 atom stereocenters. The molecule has 0 radical (unpaired) electrons. The molecule has 2 rings (SSSR count). The smallest absolute Gasteiger partial charge is 0.279 e. The average Bonchev–Trinajstić information content (AvgIpc) is 2.81. The van der Waals surface area contributed by atoms with Crippen molar-refractivity contribution < 1.29 is 8.42 Å². The Morgan fingerprint density at radius 3 is 2.83 bits per heavy atom. The summed E-state index contributed by atoms with van der Waals surface area (Å²) >= 11 is 0. The first kappa shape index (κ1) is 12.4. The van der Waals surface area contributed by atoms with Crippen molar-refractivity contribution in [2.45, 2.75) is 18.4 Å². The molecule has 0 aliphatic rings. The number of anilines is 2. The number of imidazole rings is 1. The van der Waals surface area contributed by atoms with Crippen LogP contribution < -0.4 is 10.5 Å². The highest BCUT2D eigenvalue weighted by molar-refractivity contribution is 7.92. The summed E-state index contributed by atoms with van der Waals surface area (Å²) < 4.78 is 26.4. The molecule has 7 nitrogen and oxygen atoms in total. The van der Waals surface area contributed by atoms with Crippen LogP contribution in [-0.2, 0) is 16.4 Å². The lowest BCUT2D eigenvalue weighted by molar-refractivity contribution is 0.598. The number of aryl methyl sites for hydroxylation is 1. The number of hydrogen-bond donors (Lipinski definition) is 3. The Morgan fingerprint density at radius 2 is 2.22 bits per heavy atom. The molecule has 0 saturated carbocycles. The van der Waals surface area contributed by atoms with Crippen molar-refractivity contribution in [2.24, 2.45) is 0 Å². The van der Waals surface area contributed by atoms with Crippen molar-refractivity contribution in [3.8, 4) is 0 Å². The van der Waals surface area contributed by atoms with Crippen LogP contribution in [0.2, 0.25) is 0 Å². The van der Waals surface area contributed by atoms with E-state index in [1.165, 1.54) is 24.7 Å². The summed E-state index contributed by atoms with van der Waals surface area (Å²) in [5.41, 5.74) is 6.17. The number of nitrogens with one attached hydrogen (secondary N) is 2. The van der Waals surface area contributed by atoms with Crippen LogP contribution in [0, 0.1) is 0 Å². The number of sulfonamides is 1. The first-order chi connectivity index (χ1) is 8.53. The summed E-state index contributed by atoms with van der Waals surface area (Å²) in [4.78, 5) is 10.5. The Hall–Kier alpha value is -2.09. The Bertz CT molecular complexity index is 650. The SMILES string of the molecule is CCc1ncc(S(=O)(=O)Nc2ccncc2N)[nH]1. The lowest BCUT2D eigenvalue weighted by Gasteiger charge is -2.07. The zero-order valence-electron chi connectivity index (χ0n) is 9.71. The molecule has 0 aromatic carbocycles. The van der Waals surface area contributed by atoms with Gasteiger partial charge in [-0.25, -0.2) is 4.98 Å². The number of aromatic nitrogens is 3. The standard InChI is InChI=1S/C10H13N5O2S/c1-2-9-13-6-10(14-9)18(16,17)15-8-3-4-12-5-7(8)11/h3-6H,2,11H2,1H3,(H,12,15)(H,13,14). The number of hydrogen-bond acceptors (Lipinski definition) is 5. The van der Waals surface area contributed by atoms with Gasteiger partial charge in [0.25, 0.3) is 10.0 Å². The maximum Gasteiger partial charge on any atom is 0.279 e. The Labute approximate surface area is 105 Å². The molecule has 4 N–H and O–H groups in total. The minimum atomic E-state index is -3.70. The molecule has 0 spiro atoms. The van der Waals surface area contributed by atoms with E-state index in [9.17, 15) is 8.42 Å². The molecule has 0 bridgehead atoms. The Kier molecular flexibility index (Phi) is 3.19. The van der Waals surface area contributed by atoms with Crippen molar-refractivity contribution in [3.05, 3.63) is 30.5 Å². The second-order valence-corrected chi connectivity index (χ2v) is 5.27. The zero-order valence-corrected chi connectivity index (χ0v) is 10.5. The summed E-state index contributed by atoms with van der Waals surface area (Å²) in [6.07, 6.45) is 4.74. The predicted octanol–water partition coefficient (Wildman–Crippen LogP) is 0.750. The van der Waals surface area contributed by atoms with Gasteiger partial charge in [0.05, 0.1) is 23.8 Å². The predicted molar refractivity (Wildman–Crippen MR) is 67.4 cm³/mol. The van der Waals surface area contributed by atoms with Crippen LogP contribution in [0.1, 0.15) is 12.7 Å². The molecule has 0 fully saturated rings.